The Morgan fingerprint density at radius 1 is 1.03 bits per heavy atom. The number of anilines is 2. The van der Waals surface area contributed by atoms with Crippen LogP contribution in [0.3, 0.4) is 0 Å². The quantitative estimate of drug-likeness (QED) is 0.297. The van der Waals surface area contributed by atoms with Crippen molar-refractivity contribution in [2.75, 3.05) is 17.7 Å². The Morgan fingerprint density at radius 2 is 1.79 bits per heavy atom. The number of nitrogens with one attached hydrogen (secondary N) is 1. The van der Waals surface area contributed by atoms with Crippen molar-refractivity contribution >= 4 is 28.4 Å². The normalized spacial score (nSPS) is 16.6. The summed E-state index contributed by atoms with van der Waals surface area (Å²) in [6, 6.07) is 20.5. The van der Waals surface area contributed by atoms with Gasteiger partial charge >= 0.3 is 0 Å². The highest BCUT2D eigenvalue weighted by Gasteiger charge is 2.32. The molecule has 3 aromatic heterocycles. The summed E-state index contributed by atoms with van der Waals surface area (Å²) >= 11 is 0. The second kappa shape index (κ2) is 10.2. The van der Waals surface area contributed by atoms with E-state index in [0.717, 1.165) is 40.6 Å². The monoisotopic (exact) mass is 520 g/mol. The minimum absolute atomic E-state index is 0.0761. The fourth-order valence-electron chi connectivity index (χ4n) is 5.23. The number of amides is 1. The van der Waals surface area contributed by atoms with Crippen LogP contribution in [0.15, 0.2) is 90.2 Å². The average molecular weight is 521 g/mol. The van der Waals surface area contributed by atoms with E-state index < -0.39 is 5.91 Å². The third-order valence-electron chi connectivity index (χ3n) is 7.42. The summed E-state index contributed by atoms with van der Waals surface area (Å²) in [5.41, 5.74) is 10.1. The van der Waals surface area contributed by atoms with Gasteiger partial charge in [-0.1, -0.05) is 42.5 Å². The molecule has 9 heteroatoms. The predicted molar refractivity (Wildman–Crippen MR) is 150 cm³/mol. The summed E-state index contributed by atoms with van der Waals surface area (Å²) in [4.78, 5) is 34.7. The molecule has 4 N–H and O–H groups in total. The zero-order valence-corrected chi connectivity index (χ0v) is 21.2. The number of aliphatic hydroxyl groups is 1. The summed E-state index contributed by atoms with van der Waals surface area (Å²) in [6.07, 6.45) is 6.97. The highest BCUT2D eigenvalue weighted by atomic mass is 16.3. The van der Waals surface area contributed by atoms with E-state index in [9.17, 15) is 14.7 Å². The Bertz CT molecular complexity index is 1700. The molecule has 1 fully saturated rings. The van der Waals surface area contributed by atoms with Crippen LogP contribution < -0.4 is 16.6 Å². The Kier molecular flexibility index (Phi) is 6.42. The Morgan fingerprint density at radius 3 is 2.54 bits per heavy atom. The number of hydrogen-bond donors (Lipinski definition) is 3. The Labute approximate surface area is 224 Å². The molecule has 1 amide bonds. The molecule has 196 valence electrons. The van der Waals surface area contributed by atoms with Gasteiger partial charge in [-0.3, -0.25) is 9.59 Å². The lowest BCUT2D eigenvalue weighted by Crippen LogP contribution is -2.29. The first-order chi connectivity index (χ1) is 19.0. The van der Waals surface area contributed by atoms with Gasteiger partial charge in [0.1, 0.15) is 23.4 Å². The second-order valence-electron chi connectivity index (χ2n) is 9.95. The van der Waals surface area contributed by atoms with E-state index in [1.165, 1.54) is 17.0 Å². The van der Waals surface area contributed by atoms with Gasteiger partial charge < -0.3 is 25.3 Å². The van der Waals surface area contributed by atoms with Gasteiger partial charge in [-0.05, 0) is 54.2 Å². The lowest BCUT2D eigenvalue weighted by Gasteiger charge is -2.35. The number of carbonyl (C=O) groups is 1. The molecule has 0 unspecified atom stereocenters. The number of aliphatic hydroxyl groups excluding tert-OH is 1. The topological polar surface area (TPSA) is 128 Å². The molecule has 39 heavy (non-hydrogen) atoms. The van der Waals surface area contributed by atoms with Crippen molar-refractivity contribution in [3.63, 3.8) is 0 Å². The maximum atomic E-state index is 13.0. The first-order valence-electron chi connectivity index (χ1n) is 12.9. The molecule has 0 saturated heterocycles. The Balaban J connectivity index is 1.24. The lowest BCUT2D eigenvalue weighted by molar-refractivity contribution is 0.102. The number of nitrogens with two attached hydrogens (primary N) is 1. The summed E-state index contributed by atoms with van der Waals surface area (Å²) in [5.74, 6) is 0.248. The number of rotatable bonds is 7. The van der Waals surface area contributed by atoms with Crippen LogP contribution in [0.4, 0.5) is 11.5 Å². The average Bonchev–Trinajstić information content (AvgIpc) is 3.31. The molecule has 3 heterocycles. The summed E-state index contributed by atoms with van der Waals surface area (Å²) in [5, 5.41) is 13.1. The molecule has 0 radical (unpaired) electrons. The molecule has 1 aliphatic carbocycles. The van der Waals surface area contributed by atoms with Gasteiger partial charge in [0.05, 0.1) is 11.9 Å². The number of carbonyl (C=O) groups excluding carboxylic acids is 1. The van der Waals surface area contributed by atoms with Crippen molar-refractivity contribution in [1.29, 1.82) is 0 Å². The van der Waals surface area contributed by atoms with Crippen molar-refractivity contribution < 1.29 is 9.90 Å². The number of benzene rings is 2. The van der Waals surface area contributed by atoms with E-state index in [-0.39, 0.29) is 23.8 Å². The van der Waals surface area contributed by atoms with Crippen molar-refractivity contribution in [2.24, 2.45) is 5.92 Å². The van der Waals surface area contributed by atoms with Gasteiger partial charge in [-0.25, -0.2) is 9.97 Å². The minimum atomic E-state index is -0.465. The van der Waals surface area contributed by atoms with Gasteiger partial charge in [-0.2, -0.15) is 0 Å². The van der Waals surface area contributed by atoms with E-state index in [4.69, 9.17) is 5.73 Å². The van der Waals surface area contributed by atoms with Gasteiger partial charge in [0.15, 0.2) is 0 Å². The fourth-order valence-corrected chi connectivity index (χ4v) is 5.23. The second-order valence-corrected chi connectivity index (χ2v) is 9.95. The molecule has 0 bridgehead atoms. The number of hydrogen-bond acceptors (Lipinski definition) is 6. The number of pyridine rings is 1. The Hall–Kier alpha value is -4.76. The van der Waals surface area contributed by atoms with Crippen LogP contribution in [-0.2, 0) is 6.54 Å². The first-order valence-corrected chi connectivity index (χ1v) is 12.9. The van der Waals surface area contributed by atoms with E-state index >= 15 is 0 Å². The van der Waals surface area contributed by atoms with E-state index in [2.05, 4.69) is 19.9 Å². The van der Waals surface area contributed by atoms with E-state index in [1.807, 2.05) is 48.7 Å². The minimum Gasteiger partial charge on any atom is -0.396 e. The molecular formula is C30H28N6O3. The van der Waals surface area contributed by atoms with Crippen LogP contribution in [0.2, 0.25) is 0 Å². The molecule has 0 atom stereocenters. The molecule has 9 nitrogen and oxygen atoms in total. The zero-order valence-electron chi connectivity index (χ0n) is 21.2. The van der Waals surface area contributed by atoms with Crippen molar-refractivity contribution in [3.05, 3.63) is 107 Å². The number of nitrogens with zero attached hydrogens (tertiary/aromatic N) is 4. The summed E-state index contributed by atoms with van der Waals surface area (Å²) in [7, 11) is 0. The largest absolute Gasteiger partial charge is 0.396 e. The van der Waals surface area contributed by atoms with Crippen LogP contribution in [-0.4, -0.2) is 36.7 Å². The SMILES string of the molecule is Nc1ncnc2c1c(-c1ccc(NC(=O)c3cccn(Cc4ccccc4)c3=O)cc1)cn2[C@H]1C[C@@H](CO)C1. The van der Waals surface area contributed by atoms with E-state index in [0.29, 0.717) is 24.0 Å². The zero-order chi connectivity index (χ0) is 26.9. The molecule has 2 aromatic carbocycles. The summed E-state index contributed by atoms with van der Waals surface area (Å²) < 4.78 is 3.65. The molecular weight excluding hydrogens is 492 g/mol. The molecule has 0 spiro atoms. The third kappa shape index (κ3) is 4.68. The molecule has 5 aromatic rings. The summed E-state index contributed by atoms with van der Waals surface area (Å²) in [6.45, 7) is 0.578. The van der Waals surface area contributed by atoms with Crippen LogP contribution in [0, 0.1) is 5.92 Å². The van der Waals surface area contributed by atoms with Crippen molar-refractivity contribution in [1.82, 2.24) is 19.1 Å². The van der Waals surface area contributed by atoms with Gasteiger partial charge in [0, 0.05) is 36.3 Å². The van der Waals surface area contributed by atoms with Crippen LogP contribution in [0.1, 0.15) is 34.8 Å². The highest BCUT2D eigenvalue weighted by molar-refractivity contribution is 6.04. The van der Waals surface area contributed by atoms with Gasteiger partial charge in [0.2, 0.25) is 0 Å². The smallest absolute Gasteiger partial charge is 0.263 e. The molecule has 0 aliphatic heterocycles. The van der Waals surface area contributed by atoms with Crippen LogP contribution >= 0.6 is 0 Å². The fraction of sp³-hybridized carbons (Fsp3) is 0.200. The van der Waals surface area contributed by atoms with Crippen LogP contribution in [0.25, 0.3) is 22.2 Å². The maximum absolute atomic E-state index is 13.0. The van der Waals surface area contributed by atoms with Gasteiger partial charge in [-0.15, -0.1) is 0 Å². The highest BCUT2D eigenvalue weighted by Crippen LogP contribution is 2.42. The lowest BCUT2D eigenvalue weighted by atomic mass is 9.81. The maximum Gasteiger partial charge on any atom is 0.263 e. The van der Waals surface area contributed by atoms with Crippen molar-refractivity contribution in [3.8, 4) is 11.1 Å². The van der Waals surface area contributed by atoms with Gasteiger partial charge in [0.25, 0.3) is 11.5 Å². The third-order valence-corrected chi connectivity index (χ3v) is 7.42. The number of nitrogen functional groups attached to an aromatic ring is 1. The first kappa shape index (κ1) is 24.6. The molecule has 1 saturated carbocycles. The standard InChI is InChI=1S/C30H28N6O3/c31-27-26-25(16-36(28(26)33-18-32-27)23-13-20(14-23)17-37)21-8-10-22(11-9-21)34-29(38)24-7-4-12-35(30(24)39)15-19-5-2-1-3-6-19/h1-12,16,18,20,23,37H,13-15,17H2,(H,34,38)(H2,31,32,33)/t20-,23+. The number of fused-ring (bicyclic) bond motifs is 1. The molecule has 1 aliphatic rings. The van der Waals surface area contributed by atoms with E-state index in [1.54, 1.807) is 24.4 Å². The van der Waals surface area contributed by atoms with Crippen LogP contribution in [0.5, 0.6) is 0 Å². The predicted octanol–water partition coefficient (Wildman–Crippen LogP) is 4.09. The van der Waals surface area contributed by atoms with Crippen molar-refractivity contribution in [2.45, 2.75) is 25.4 Å². The number of aromatic nitrogens is 4. The molecule has 6 rings (SSSR count).